The van der Waals surface area contributed by atoms with E-state index in [0.29, 0.717) is 11.4 Å². The first-order valence-corrected chi connectivity index (χ1v) is 9.32. The lowest BCUT2D eigenvalue weighted by molar-refractivity contribution is 0.102. The second-order valence-electron chi connectivity index (χ2n) is 6.76. The number of carbonyl (C=O) groups excluding carboxylic acids is 1. The molecule has 0 atom stereocenters. The van der Waals surface area contributed by atoms with Crippen LogP contribution in [0.2, 0.25) is 0 Å². The number of carbonyl (C=O) groups is 1. The highest BCUT2D eigenvalue weighted by molar-refractivity contribution is 6.04. The van der Waals surface area contributed by atoms with E-state index in [2.05, 4.69) is 20.5 Å². The number of nitrogens with one attached hydrogen (secondary N) is 2. The minimum Gasteiger partial charge on any atom is -0.372 e. The normalized spacial score (nSPS) is 13.4. The highest BCUT2D eigenvalue weighted by Crippen LogP contribution is 2.22. The standard InChI is InChI=1S/C22H21FN4O/c23-17-4-6-18(7-5-17)25-21-12-3-16(15-24-21)22(28)26-19-8-10-20(11-9-19)27-13-1-2-14-27/h3-12,15H,1-2,13-14H2,(H,24,25)(H,26,28). The van der Waals surface area contributed by atoms with Crippen LogP contribution in [0.15, 0.2) is 66.9 Å². The Morgan fingerprint density at radius 1 is 0.893 bits per heavy atom. The number of benzene rings is 2. The van der Waals surface area contributed by atoms with E-state index in [1.54, 1.807) is 24.3 Å². The second kappa shape index (κ2) is 8.08. The van der Waals surface area contributed by atoms with Gasteiger partial charge in [-0.3, -0.25) is 4.79 Å². The number of rotatable bonds is 5. The minimum atomic E-state index is -0.293. The predicted molar refractivity (Wildman–Crippen MR) is 110 cm³/mol. The molecule has 5 nitrogen and oxygen atoms in total. The van der Waals surface area contributed by atoms with Crippen LogP contribution < -0.4 is 15.5 Å². The van der Waals surface area contributed by atoms with Crippen molar-refractivity contribution in [3.63, 3.8) is 0 Å². The van der Waals surface area contributed by atoms with Gasteiger partial charge in [0, 0.05) is 36.3 Å². The molecule has 4 rings (SSSR count). The summed E-state index contributed by atoms with van der Waals surface area (Å²) >= 11 is 0. The Balaban J connectivity index is 1.37. The summed E-state index contributed by atoms with van der Waals surface area (Å²) in [5.74, 6) is 0.0758. The molecule has 1 fully saturated rings. The average Bonchev–Trinajstić information content (AvgIpc) is 3.26. The molecule has 1 aliphatic heterocycles. The molecule has 2 N–H and O–H groups in total. The summed E-state index contributed by atoms with van der Waals surface area (Å²) in [6, 6.07) is 17.3. The second-order valence-corrected chi connectivity index (χ2v) is 6.76. The van der Waals surface area contributed by atoms with E-state index in [1.807, 2.05) is 24.3 Å². The maximum Gasteiger partial charge on any atom is 0.257 e. The number of halogens is 1. The molecular weight excluding hydrogens is 355 g/mol. The summed E-state index contributed by atoms with van der Waals surface area (Å²) in [7, 11) is 0. The first-order chi connectivity index (χ1) is 13.7. The molecule has 0 bridgehead atoms. The molecule has 0 unspecified atom stereocenters. The van der Waals surface area contributed by atoms with Crippen molar-refractivity contribution in [3.05, 3.63) is 78.2 Å². The summed E-state index contributed by atoms with van der Waals surface area (Å²) in [6.07, 6.45) is 3.98. The molecule has 6 heteroatoms. The third-order valence-corrected chi connectivity index (χ3v) is 4.74. The Bertz CT molecular complexity index is 934. The van der Waals surface area contributed by atoms with Crippen molar-refractivity contribution in [2.24, 2.45) is 0 Å². The van der Waals surface area contributed by atoms with Gasteiger partial charge in [-0.2, -0.15) is 0 Å². The Hall–Kier alpha value is -3.41. The number of hydrogen-bond donors (Lipinski definition) is 2. The van der Waals surface area contributed by atoms with E-state index in [0.717, 1.165) is 24.5 Å². The van der Waals surface area contributed by atoms with E-state index >= 15 is 0 Å². The van der Waals surface area contributed by atoms with Crippen LogP contribution in [0, 0.1) is 5.82 Å². The lowest BCUT2D eigenvalue weighted by atomic mass is 10.2. The van der Waals surface area contributed by atoms with Crippen LogP contribution in [0.5, 0.6) is 0 Å². The van der Waals surface area contributed by atoms with Crippen LogP contribution in [0.4, 0.5) is 27.3 Å². The van der Waals surface area contributed by atoms with Gasteiger partial charge in [0.15, 0.2) is 0 Å². The van der Waals surface area contributed by atoms with Gasteiger partial charge in [0.25, 0.3) is 5.91 Å². The molecule has 0 radical (unpaired) electrons. The largest absolute Gasteiger partial charge is 0.372 e. The van der Waals surface area contributed by atoms with Gasteiger partial charge < -0.3 is 15.5 Å². The Labute approximate surface area is 163 Å². The molecule has 28 heavy (non-hydrogen) atoms. The van der Waals surface area contributed by atoms with Crippen LogP contribution in [0.25, 0.3) is 0 Å². The smallest absolute Gasteiger partial charge is 0.257 e. The molecule has 3 aromatic rings. The van der Waals surface area contributed by atoms with Crippen LogP contribution >= 0.6 is 0 Å². The molecule has 0 aliphatic carbocycles. The van der Waals surface area contributed by atoms with Crippen LogP contribution in [-0.2, 0) is 0 Å². The first-order valence-electron chi connectivity index (χ1n) is 9.32. The quantitative estimate of drug-likeness (QED) is 0.670. The molecule has 1 aliphatic rings. The van der Waals surface area contributed by atoms with Gasteiger partial charge in [-0.15, -0.1) is 0 Å². The lowest BCUT2D eigenvalue weighted by Gasteiger charge is -2.17. The summed E-state index contributed by atoms with van der Waals surface area (Å²) in [5, 5.41) is 5.96. The maximum absolute atomic E-state index is 13.0. The van der Waals surface area contributed by atoms with Gasteiger partial charge in [-0.05, 0) is 73.5 Å². The highest BCUT2D eigenvalue weighted by Gasteiger charge is 2.12. The topological polar surface area (TPSA) is 57.3 Å². The zero-order valence-electron chi connectivity index (χ0n) is 15.4. The van der Waals surface area contributed by atoms with E-state index in [4.69, 9.17) is 0 Å². The fraction of sp³-hybridized carbons (Fsp3) is 0.182. The summed E-state index contributed by atoms with van der Waals surface area (Å²) in [4.78, 5) is 19.0. The number of hydrogen-bond acceptors (Lipinski definition) is 4. The molecule has 1 aromatic heterocycles. The molecule has 1 amide bonds. The van der Waals surface area contributed by atoms with Crippen molar-refractivity contribution < 1.29 is 9.18 Å². The summed E-state index contributed by atoms with van der Waals surface area (Å²) in [6.45, 7) is 2.19. The van der Waals surface area contributed by atoms with Gasteiger partial charge in [0.05, 0.1) is 5.56 Å². The Morgan fingerprint density at radius 2 is 1.57 bits per heavy atom. The third kappa shape index (κ3) is 4.28. The molecule has 142 valence electrons. The number of anilines is 4. The lowest BCUT2D eigenvalue weighted by Crippen LogP contribution is -2.17. The van der Waals surface area contributed by atoms with E-state index in [1.165, 1.54) is 36.9 Å². The van der Waals surface area contributed by atoms with Crippen molar-refractivity contribution in [3.8, 4) is 0 Å². The number of pyridine rings is 1. The fourth-order valence-corrected chi connectivity index (χ4v) is 3.22. The SMILES string of the molecule is O=C(Nc1ccc(N2CCCC2)cc1)c1ccc(Nc2ccc(F)cc2)nc1. The van der Waals surface area contributed by atoms with E-state index < -0.39 is 0 Å². The maximum atomic E-state index is 13.0. The van der Waals surface area contributed by atoms with E-state index in [-0.39, 0.29) is 11.7 Å². The minimum absolute atomic E-state index is 0.213. The zero-order chi connectivity index (χ0) is 19.3. The van der Waals surface area contributed by atoms with Crippen LogP contribution in [-0.4, -0.2) is 24.0 Å². The van der Waals surface area contributed by atoms with Gasteiger partial charge >= 0.3 is 0 Å². The van der Waals surface area contributed by atoms with Crippen LogP contribution in [0.3, 0.4) is 0 Å². The molecule has 0 saturated carbocycles. The summed E-state index contributed by atoms with van der Waals surface area (Å²) in [5.41, 5.74) is 3.13. The van der Waals surface area contributed by atoms with E-state index in [9.17, 15) is 9.18 Å². The average molecular weight is 376 g/mol. The monoisotopic (exact) mass is 376 g/mol. The van der Waals surface area contributed by atoms with Crippen molar-refractivity contribution in [1.82, 2.24) is 4.98 Å². The van der Waals surface area contributed by atoms with Crippen molar-refractivity contribution >= 4 is 28.8 Å². The highest BCUT2D eigenvalue weighted by atomic mass is 19.1. The molecule has 1 saturated heterocycles. The van der Waals surface area contributed by atoms with Crippen molar-refractivity contribution in [1.29, 1.82) is 0 Å². The van der Waals surface area contributed by atoms with Gasteiger partial charge in [-0.1, -0.05) is 0 Å². The zero-order valence-corrected chi connectivity index (χ0v) is 15.4. The molecule has 2 heterocycles. The van der Waals surface area contributed by atoms with Gasteiger partial charge in [0.2, 0.25) is 0 Å². The number of amides is 1. The van der Waals surface area contributed by atoms with Gasteiger partial charge in [0.1, 0.15) is 11.6 Å². The Morgan fingerprint density at radius 3 is 2.21 bits per heavy atom. The predicted octanol–water partition coefficient (Wildman–Crippen LogP) is 4.82. The molecule has 2 aromatic carbocycles. The van der Waals surface area contributed by atoms with Crippen molar-refractivity contribution in [2.75, 3.05) is 28.6 Å². The van der Waals surface area contributed by atoms with Crippen molar-refractivity contribution in [2.45, 2.75) is 12.8 Å². The third-order valence-electron chi connectivity index (χ3n) is 4.74. The summed E-state index contributed by atoms with van der Waals surface area (Å²) < 4.78 is 13.0. The Kier molecular flexibility index (Phi) is 5.19. The molecule has 0 spiro atoms. The van der Waals surface area contributed by atoms with Gasteiger partial charge in [-0.25, -0.2) is 9.37 Å². The number of aromatic nitrogens is 1. The number of nitrogens with zero attached hydrogens (tertiary/aromatic N) is 2. The first kappa shape index (κ1) is 18.0. The molecular formula is C22H21FN4O. The fourth-order valence-electron chi connectivity index (χ4n) is 3.22. The van der Waals surface area contributed by atoms with Crippen LogP contribution in [0.1, 0.15) is 23.2 Å².